The standard InChI is InChI=1S/C11H18O7/c1-5-9(15)11(18-7(3)14)10(17-6(2)13)8(4-12)16-5/h5,8-12,15H,4H2,1-3H3/t5-,8?,9+,10-,11?/m0/s1. The quantitative estimate of drug-likeness (QED) is 0.628. The summed E-state index contributed by atoms with van der Waals surface area (Å²) in [4.78, 5) is 22.0. The van der Waals surface area contributed by atoms with Crippen LogP contribution in [0.5, 0.6) is 0 Å². The Labute approximate surface area is 105 Å². The number of esters is 2. The van der Waals surface area contributed by atoms with Gasteiger partial charge in [-0.2, -0.15) is 0 Å². The van der Waals surface area contributed by atoms with E-state index in [0.717, 1.165) is 0 Å². The third-order valence-corrected chi connectivity index (χ3v) is 2.68. The second-order valence-electron chi connectivity index (χ2n) is 4.20. The van der Waals surface area contributed by atoms with E-state index in [9.17, 15) is 19.8 Å². The van der Waals surface area contributed by atoms with Crippen LogP contribution in [0.3, 0.4) is 0 Å². The topological polar surface area (TPSA) is 102 Å². The summed E-state index contributed by atoms with van der Waals surface area (Å²) in [5.41, 5.74) is 0. The molecule has 1 aliphatic heterocycles. The molecular weight excluding hydrogens is 244 g/mol. The van der Waals surface area contributed by atoms with Gasteiger partial charge in [0, 0.05) is 13.8 Å². The highest BCUT2D eigenvalue weighted by molar-refractivity contribution is 5.67. The number of hydrogen-bond acceptors (Lipinski definition) is 7. The highest BCUT2D eigenvalue weighted by Crippen LogP contribution is 2.25. The molecule has 0 aromatic rings. The highest BCUT2D eigenvalue weighted by atomic mass is 16.6. The van der Waals surface area contributed by atoms with Crippen LogP contribution in [-0.4, -0.2) is 59.3 Å². The maximum absolute atomic E-state index is 11.0. The normalized spacial score (nSPS) is 35.9. The van der Waals surface area contributed by atoms with Crippen LogP contribution in [0.4, 0.5) is 0 Å². The Balaban J connectivity index is 2.92. The molecule has 0 spiro atoms. The first kappa shape index (κ1) is 14.9. The highest BCUT2D eigenvalue weighted by Gasteiger charge is 2.47. The fourth-order valence-electron chi connectivity index (χ4n) is 1.92. The predicted octanol–water partition coefficient (Wildman–Crippen LogP) is -1.01. The predicted molar refractivity (Wildman–Crippen MR) is 58.5 cm³/mol. The molecule has 0 bridgehead atoms. The summed E-state index contributed by atoms with van der Waals surface area (Å²) in [7, 11) is 0. The molecule has 18 heavy (non-hydrogen) atoms. The Bertz CT molecular complexity index is 301. The molecule has 1 fully saturated rings. The molecule has 7 nitrogen and oxygen atoms in total. The fraction of sp³-hybridized carbons (Fsp3) is 0.818. The third-order valence-electron chi connectivity index (χ3n) is 2.68. The summed E-state index contributed by atoms with van der Waals surface area (Å²) in [6, 6.07) is 0. The van der Waals surface area contributed by atoms with Gasteiger partial charge in [0.05, 0.1) is 12.7 Å². The van der Waals surface area contributed by atoms with Crippen molar-refractivity contribution in [1.29, 1.82) is 0 Å². The molecule has 0 amide bonds. The van der Waals surface area contributed by atoms with Crippen LogP contribution in [0.15, 0.2) is 0 Å². The molecule has 0 radical (unpaired) electrons. The first-order chi connectivity index (χ1) is 8.36. The molecule has 1 heterocycles. The molecule has 0 aliphatic carbocycles. The lowest BCUT2D eigenvalue weighted by Gasteiger charge is -2.41. The summed E-state index contributed by atoms with van der Waals surface area (Å²) in [6.07, 6.45) is -4.68. The average molecular weight is 262 g/mol. The minimum absolute atomic E-state index is 0.410. The zero-order valence-electron chi connectivity index (χ0n) is 10.5. The molecule has 2 N–H and O–H groups in total. The van der Waals surface area contributed by atoms with Crippen molar-refractivity contribution in [3.63, 3.8) is 0 Å². The fourth-order valence-corrected chi connectivity index (χ4v) is 1.92. The summed E-state index contributed by atoms with van der Waals surface area (Å²) in [6.45, 7) is 3.54. The Morgan fingerprint density at radius 3 is 2.11 bits per heavy atom. The molecular formula is C11H18O7. The minimum atomic E-state index is -1.12. The SMILES string of the molecule is CC(=O)OC1[C@@H](OC(C)=O)C(CO)O[C@@H](C)[C@H]1O. The maximum Gasteiger partial charge on any atom is 0.303 e. The van der Waals surface area contributed by atoms with E-state index in [-0.39, 0.29) is 0 Å². The molecule has 1 aliphatic rings. The van der Waals surface area contributed by atoms with Crippen molar-refractivity contribution >= 4 is 11.9 Å². The van der Waals surface area contributed by atoms with Crippen LogP contribution < -0.4 is 0 Å². The van der Waals surface area contributed by atoms with E-state index in [0.29, 0.717) is 0 Å². The summed E-state index contributed by atoms with van der Waals surface area (Å²) in [5, 5.41) is 19.1. The van der Waals surface area contributed by atoms with Crippen molar-refractivity contribution in [3.05, 3.63) is 0 Å². The maximum atomic E-state index is 11.0. The molecule has 1 rings (SSSR count). The first-order valence-corrected chi connectivity index (χ1v) is 5.65. The van der Waals surface area contributed by atoms with Gasteiger partial charge in [-0.15, -0.1) is 0 Å². The summed E-state index contributed by atoms with van der Waals surface area (Å²) < 4.78 is 15.2. The van der Waals surface area contributed by atoms with Crippen LogP contribution in [0.2, 0.25) is 0 Å². The van der Waals surface area contributed by atoms with Gasteiger partial charge >= 0.3 is 11.9 Å². The molecule has 2 unspecified atom stereocenters. The molecule has 0 saturated carbocycles. The van der Waals surface area contributed by atoms with E-state index in [1.54, 1.807) is 6.92 Å². The van der Waals surface area contributed by atoms with Crippen molar-refractivity contribution in [3.8, 4) is 0 Å². The van der Waals surface area contributed by atoms with Gasteiger partial charge in [0.1, 0.15) is 12.2 Å². The lowest BCUT2D eigenvalue weighted by atomic mass is 9.95. The molecule has 104 valence electrons. The van der Waals surface area contributed by atoms with E-state index in [1.807, 2.05) is 0 Å². The summed E-state index contributed by atoms with van der Waals surface area (Å²) in [5.74, 6) is -1.22. The largest absolute Gasteiger partial charge is 0.456 e. The molecule has 5 atom stereocenters. The lowest BCUT2D eigenvalue weighted by Crippen LogP contribution is -2.60. The molecule has 7 heteroatoms. The Morgan fingerprint density at radius 1 is 1.17 bits per heavy atom. The molecule has 0 aromatic heterocycles. The van der Waals surface area contributed by atoms with Crippen molar-refractivity contribution in [2.24, 2.45) is 0 Å². The van der Waals surface area contributed by atoms with E-state index >= 15 is 0 Å². The van der Waals surface area contributed by atoms with Crippen LogP contribution >= 0.6 is 0 Å². The molecule has 1 saturated heterocycles. The van der Waals surface area contributed by atoms with Gasteiger partial charge in [-0.25, -0.2) is 0 Å². The smallest absolute Gasteiger partial charge is 0.303 e. The van der Waals surface area contributed by atoms with Crippen LogP contribution in [-0.2, 0) is 23.8 Å². The number of rotatable bonds is 3. The second-order valence-corrected chi connectivity index (χ2v) is 4.20. The Hall–Kier alpha value is -1.18. The van der Waals surface area contributed by atoms with E-state index in [1.165, 1.54) is 13.8 Å². The zero-order chi connectivity index (χ0) is 13.9. The van der Waals surface area contributed by atoms with Gasteiger partial charge < -0.3 is 24.4 Å². The van der Waals surface area contributed by atoms with E-state index < -0.39 is 49.1 Å². The van der Waals surface area contributed by atoms with Crippen LogP contribution in [0.25, 0.3) is 0 Å². The third kappa shape index (κ3) is 3.41. The van der Waals surface area contributed by atoms with Gasteiger partial charge in [0.15, 0.2) is 12.2 Å². The second kappa shape index (κ2) is 6.12. The Morgan fingerprint density at radius 2 is 1.67 bits per heavy atom. The minimum Gasteiger partial charge on any atom is -0.456 e. The number of carbonyl (C=O) groups excluding carboxylic acids is 2. The molecule has 0 aromatic carbocycles. The lowest BCUT2D eigenvalue weighted by molar-refractivity contribution is -0.242. The van der Waals surface area contributed by atoms with Gasteiger partial charge in [-0.3, -0.25) is 9.59 Å². The van der Waals surface area contributed by atoms with Crippen molar-refractivity contribution in [1.82, 2.24) is 0 Å². The number of aliphatic hydroxyl groups is 2. The van der Waals surface area contributed by atoms with Crippen molar-refractivity contribution < 1.29 is 34.0 Å². The number of carbonyl (C=O) groups is 2. The zero-order valence-corrected chi connectivity index (χ0v) is 10.5. The van der Waals surface area contributed by atoms with Crippen molar-refractivity contribution in [2.45, 2.75) is 51.3 Å². The van der Waals surface area contributed by atoms with Gasteiger partial charge in [-0.05, 0) is 6.92 Å². The monoisotopic (exact) mass is 262 g/mol. The van der Waals surface area contributed by atoms with Crippen LogP contribution in [0.1, 0.15) is 20.8 Å². The van der Waals surface area contributed by atoms with Crippen molar-refractivity contribution in [2.75, 3.05) is 6.61 Å². The Kier molecular flexibility index (Phi) is 5.06. The van der Waals surface area contributed by atoms with Gasteiger partial charge in [-0.1, -0.05) is 0 Å². The van der Waals surface area contributed by atoms with E-state index in [4.69, 9.17) is 14.2 Å². The van der Waals surface area contributed by atoms with Crippen LogP contribution in [0, 0.1) is 0 Å². The van der Waals surface area contributed by atoms with Gasteiger partial charge in [0.25, 0.3) is 0 Å². The number of ether oxygens (including phenoxy) is 3. The number of aliphatic hydroxyl groups excluding tert-OH is 2. The average Bonchev–Trinajstić information content (AvgIpc) is 2.27. The van der Waals surface area contributed by atoms with E-state index in [2.05, 4.69) is 0 Å². The summed E-state index contributed by atoms with van der Waals surface area (Å²) >= 11 is 0. The first-order valence-electron chi connectivity index (χ1n) is 5.65. The van der Waals surface area contributed by atoms with Gasteiger partial charge in [0.2, 0.25) is 0 Å². The number of hydrogen-bond donors (Lipinski definition) is 2.